The smallest absolute Gasteiger partial charge is 0.282 e. The quantitative estimate of drug-likeness (QED) is 0.872. The SMILES string of the molecule is NC1=NC2(CCc3c(cccc3-c3ccccc3)C2)CO1. The summed E-state index contributed by atoms with van der Waals surface area (Å²) in [4.78, 5) is 4.55. The molecule has 2 aliphatic rings. The molecule has 0 saturated heterocycles. The molecule has 3 heteroatoms. The minimum atomic E-state index is -0.133. The molecule has 0 amide bonds. The lowest BCUT2D eigenvalue weighted by molar-refractivity contribution is 0.235. The minimum Gasteiger partial charge on any atom is -0.463 e. The highest BCUT2D eigenvalue weighted by atomic mass is 16.5. The highest BCUT2D eigenvalue weighted by Gasteiger charge is 2.39. The fourth-order valence-electron chi connectivity index (χ4n) is 3.51. The molecular formula is C18H18N2O. The van der Waals surface area contributed by atoms with Gasteiger partial charge in [0.15, 0.2) is 0 Å². The van der Waals surface area contributed by atoms with Crippen molar-refractivity contribution in [1.82, 2.24) is 0 Å². The van der Waals surface area contributed by atoms with Crippen molar-refractivity contribution < 1.29 is 4.74 Å². The molecule has 1 aliphatic heterocycles. The van der Waals surface area contributed by atoms with Gasteiger partial charge in [0.05, 0.1) is 0 Å². The Balaban J connectivity index is 1.75. The van der Waals surface area contributed by atoms with Gasteiger partial charge in [-0.05, 0) is 35.1 Å². The van der Waals surface area contributed by atoms with Gasteiger partial charge in [-0.15, -0.1) is 0 Å². The van der Waals surface area contributed by atoms with Gasteiger partial charge < -0.3 is 10.5 Å². The van der Waals surface area contributed by atoms with Crippen LogP contribution in [0.5, 0.6) is 0 Å². The van der Waals surface area contributed by atoms with Gasteiger partial charge in [0.1, 0.15) is 12.1 Å². The minimum absolute atomic E-state index is 0.133. The van der Waals surface area contributed by atoms with E-state index in [1.165, 1.54) is 22.3 Å². The van der Waals surface area contributed by atoms with Crippen LogP contribution in [-0.4, -0.2) is 18.2 Å². The third-order valence-electron chi connectivity index (χ3n) is 4.55. The average molecular weight is 278 g/mol. The monoisotopic (exact) mass is 278 g/mol. The van der Waals surface area contributed by atoms with Crippen LogP contribution in [0.25, 0.3) is 11.1 Å². The predicted octanol–water partition coefficient (Wildman–Crippen LogP) is 2.93. The number of rotatable bonds is 1. The summed E-state index contributed by atoms with van der Waals surface area (Å²) in [6, 6.07) is 17.5. The maximum absolute atomic E-state index is 5.71. The molecule has 1 heterocycles. The third-order valence-corrected chi connectivity index (χ3v) is 4.55. The van der Waals surface area contributed by atoms with Gasteiger partial charge in [-0.3, -0.25) is 0 Å². The van der Waals surface area contributed by atoms with Crippen LogP contribution >= 0.6 is 0 Å². The molecule has 1 aliphatic carbocycles. The fourth-order valence-corrected chi connectivity index (χ4v) is 3.51. The maximum Gasteiger partial charge on any atom is 0.282 e. The van der Waals surface area contributed by atoms with Crippen molar-refractivity contribution in [2.45, 2.75) is 24.8 Å². The highest BCUT2D eigenvalue weighted by Crippen LogP contribution is 2.38. The summed E-state index contributed by atoms with van der Waals surface area (Å²) < 4.78 is 5.40. The second kappa shape index (κ2) is 4.62. The second-order valence-electron chi connectivity index (χ2n) is 5.95. The number of hydrogen-bond donors (Lipinski definition) is 1. The number of amidine groups is 1. The molecular weight excluding hydrogens is 260 g/mol. The van der Waals surface area contributed by atoms with Crippen LogP contribution in [0.1, 0.15) is 17.5 Å². The van der Waals surface area contributed by atoms with Crippen molar-refractivity contribution in [3.05, 3.63) is 59.7 Å². The summed E-state index contributed by atoms with van der Waals surface area (Å²) in [5.74, 6) is 0. The fraction of sp³-hybridized carbons (Fsp3) is 0.278. The Morgan fingerprint density at radius 2 is 1.90 bits per heavy atom. The van der Waals surface area contributed by atoms with Crippen LogP contribution in [0.3, 0.4) is 0 Å². The second-order valence-corrected chi connectivity index (χ2v) is 5.95. The number of fused-ring (bicyclic) bond motifs is 1. The summed E-state index contributed by atoms with van der Waals surface area (Å²) in [5.41, 5.74) is 11.0. The first-order valence-corrected chi connectivity index (χ1v) is 7.40. The Bertz CT molecular complexity index is 708. The molecule has 106 valence electrons. The van der Waals surface area contributed by atoms with E-state index in [4.69, 9.17) is 10.5 Å². The van der Waals surface area contributed by atoms with Crippen molar-refractivity contribution in [2.75, 3.05) is 6.61 Å². The first-order chi connectivity index (χ1) is 10.3. The number of ether oxygens (including phenoxy) is 1. The zero-order chi connectivity index (χ0) is 14.3. The van der Waals surface area contributed by atoms with E-state index >= 15 is 0 Å². The Labute approximate surface area is 124 Å². The zero-order valence-corrected chi connectivity index (χ0v) is 11.9. The van der Waals surface area contributed by atoms with Crippen molar-refractivity contribution in [3.8, 4) is 11.1 Å². The van der Waals surface area contributed by atoms with Gasteiger partial charge in [-0.25, -0.2) is 4.99 Å². The van der Waals surface area contributed by atoms with Crippen LogP contribution in [0.2, 0.25) is 0 Å². The molecule has 1 atom stereocenters. The van der Waals surface area contributed by atoms with Crippen LogP contribution in [0.4, 0.5) is 0 Å². The van der Waals surface area contributed by atoms with Crippen molar-refractivity contribution in [2.24, 2.45) is 10.7 Å². The molecule has 0 bridgehead atoms. The lowest BCUT2D eigenvalue weighted by Crippen LogP contribution is -2.35. The van der Waals surface area contributed by atoms with E-state index in [2.05, 4.69) is 53.5 Å². The van der Waals surface area contributed by atoms with Gasteiger partial charge in [0.2, 0.25) is 0 Å². The van der Waals surface area contributed by atoms with Crippen LogP contribution < -0.4 is 5.73 Å². The highest BCUT2D eigenvalue weighted by molar-refractivity contribution is 5.74. The van der Waals surface area contributed by atoms with E-state index in [9.17, 15) is 0 Å². The van der Waals surface area contributed by atoms with Gasteiger partial charge in [-0.2, -0.15) is 0 Å². The maximum atomic E-state index is 5.71. The Kier molecular flexibility index (Phi) is 2.74. The molecule has 2 aromatic carbocycles. The lowest BCUT2D eigenvalue weighted by atomic mass is 9.76. The molecule has 3 nitrogen and oxygen atoms in total. The summed E-state index contributed by atoms with van der Waals surface area (Å²) >= 11 is 0. The Morgan fingerprint density at radius 3 is 2.67 bits per heavy atom. The number of nitrogens with two attached hydrogens (primary N) is 1. The van der Waals surface area contributed by atoms with E-state index < -0.39 is 0 Å². The van der Waals surface area contributed by atoms with Crippen LogP contribution in [-0.2, 0) is 17.6 Å². The molecule has 0 fully saturated rings. The molecule has 0 aromatic heterocycles. The normalized spacial score (nSPS) is 23.5. The molecule has 1 unspecified atom stereocenters. The van der Waals surface area contributed by atoms with E-state index in [-0.39, 0.29) is 5.54 Å². The third kappa shape index (κ3) is 2.09. The van der Waals surface area contributed by atoms with Gasteiger partial charge in [0.25, 0.3) is 6.02 Å². The molecule has 0 radical (unpaired) electrons. The van der Waals surface area contributed by atoms with E-state index in [0.717, 1.165) is 19.3 Å². The topological polar surface area (TPSA) is 47.6 Å². The largest absolute Gasteiger partial charge is 0.463 e. The standard InChI is InChI=1S/C18H18N2O/c19-17-20-18(12-21-17)10-9-16-14(11-18)7-4-8-15(16)13-5-2-1-3-6-13/h1-8H,9-12H2,(H2,19,20). The van der Waals surface area contributed by atoms with Crippen molar-refractivity contribution in [1.29, 1.82) is 0 Å². The molecule has 2 aromatic rings. The summed E-state index contributed by atoms with van der Waals surface area (Å²) in [5, 5.41) is 0. The van der Waals surface area contributed by atoms with Gasteiger partial charge in [0, 0.05) is 6.42 Å². The Morgan fingerprint density at radius 1 is 1.05 bits per heavy atom. The van der Waals surface area contributed by atoms with E-state index in [1.807, 2.05) is 0 Å². The molecule has 4 rings (SSSR count). The number of nitrogens with zero attached hydrogens (tertiary/aromatic N) is 1. The molecule has 1 spiro atoms. The van der Waals surface area contributed by atoms with Crippen molar-refractivity contribution in [3.63, 3.8) is 0 Å². The Hall–Kier alpha value is -2.29. The molecule has 21 heavy (non-hydrogen) atoms. The summed E-state index contributed by atoms with van der Waals surface area (Å²) in [7, 11) is 0. The van der Waals surface area contributed by atoms with Gasteiger partial charge >= 0.3 is 0 Å². The molecule has 0 saturated carbocycles. The molecule has 2 N–H and O–H groups in total. The average Bonchev–Trinajstić information content (AvgIpc) is 2.88. The van der Waals surface area contributed by atoms with E-state index in [1.54, 1.807) is 0 Å². The predicted molar refractivity (Wildman–Crippen MR) is 84.2 cm³/mol. The number of benzene rings is 2. The van der Waals surface area contributed by atoms with E-state index in [0.29, 0.717) is 12.6 Å². The van der Waals surface area contributed by atoms with Gasteiger partial charge in [-0.1, -0.05) is 48.5 Å². The zero-order valence-electron chi connectivity index (χ0n) is 11.9. The first kappa shape index (κ1) is 12.5. The van der Waals surface area contributed by atoms with Crippen molar-refractivity contribution >= 4 is 6.02 Å². The van der Waals surface area contributed by atoms with Crippen LogP contribution in [0, 0.1) is 0 Å². The summed E-state index contributed by atoms with van der Waals surface area (Å²) in [6.45, 7) is 0.619. The number of hydrogen-bond acceptors (Lipinski definition) is 3. The number of aliphatic imine (C=N–C) groups is 1. The lowest BCUT2D eigenvalue weighted by Gasteiger charge is -2.31. The van der Waals surface area contributed by atoms with Crippen LogP contribution in [0.15, 0.2) is 53.5 Å². The summed E-state index contributed by atoms with van der Waals surface area (Å²) in [6.07, 6.45) is 2.95. The first-order valence-electron chi connectivity index (χ1n) is 7.40.